The van der Waals surface area contributed by atoms with Gasteiger partial charge in [0.15, 0.2) is 0 Å². The van der Waals surface area contributed by atoms with Gasteiger partial charge in [-0.25, -0.2) is 14.4 Å². The fourth-order valence-corrected chi connectivity index (χ4v) is 2.59. The minimum Gasteiger partial charge on any atom is -0.370 e. The quantitative estimate of drug-likeness (QED) is 0.900. The molecular weight excluding hydrogens is 289 g/mol. The Balaban J connectivity index is 2.15. The highest BCUT2D eigenvalue weighted by Gasteiger charge is 2.28. The molecule has 0 spiro atoms. The van der Waals surface area contributed by atoms with Crippen LogP contribution in [0.1, 0.15) is 37.1 Å². The van der Waals surface area contributed by atoms with Gasteiger partial charge in [-0.2, -0.15) is 0 Å². The standard InChI is InChI=1S/C16H17ClFN3/c1-3-19-15-9(2)14(20-16(21-15)10-4-5-10)11-6-12(17)8-13(18)7-11/h6-8,10H,3-5H2,1-2H3,(H,19,20,21). The van der Waals surface area contributed by atoms with Crippen molar-refractivity contribution < 1.29 is 4.39 Å². The molecule has 1 aliphatic carbocycles. The molecular formula is C16H17ClFN3. The van der Waals surface area contributed by atoms with Crippen LogP contribution >= 0.6 is 11.6 Å². The molecule has 1 saturated carbocycles. The van der Waals surface area contributed by atoms with Crippen LogP contribution in [0.15, 0.2) is 18.2 Å². The predicted octanol–water partition coefficient (Wildman–Crippen LogP) is 4.55. The van der Waals surface area contributed by atoms with Crippen molar-refractivity contribution in [1.82, 2.24) is 9.97 Å². The lowest BCUT2D eigenvalue weighted by molar-refractivity contribution is 0.628. The summed E-state index contributed by atoms with van der Waals surface area (Å²) in [7, 11) is 0. The van der Waals surface area contributed by atoms with Crippen LogP contribution in [0.4, 0.5) is 10.2 Å². The maximum absolute atomic E-state index is 13.6. The minimum absolute atomic E-state index is 0.353. The molecule has 1 aromatic carbocycles. The number of anilines is 1. The molecule has 1 fully saturated rings. The molecule has 3 nitrogen and oxygen atoms in total. The molecule has 2 aromatic rings. The topological polar surface area (TPSA) is 37.8 Å². The van der Waals surface area contributed by atoms with Crippen molar-refractivity contribution in [2.45, 2.75) is 32.6 Å². The summed E-state index contributed by atoms with van der Waals surface area (Å²) in [5, 5.41) is 3.64. The number of aromatic nitrogens is 2. The average molecular weight is 306 g/mol. The lowest BCUT2D eigenvalue weighted by Crippen LogP contribution is -2.07. The van der Waals surface area contributed by atoms with E-state index in [-0.39, 0.29) is 5.82 Å². The Kier molecular flexibility index (Phi) is 3.81. The van der Waals surface area contributed by atoms with E-state index in [4.69, 9.17) is 11.6 Å². The zero-order valence-electron chi connectivity index (χ0n) is 12.1. The summed E-state index contributed by atoms with van der Waals surface area (Å²) in [6.45, 7) is 4.76. The van der Waals surface area contributed by atoms with Crippen LogP contribution in [0.5, 0.6) is 0 Å². The Morgan fingerprint density at radius 1 is 1.29 bits per heavy atom. The highest BCUT2D eigenvalue weighted by Crippen LogP contribution is 2.40. The molecule has 1 heterocycles. The van der Waals surface area contributed by atoms with E-state index in [0.29, 0.717) is 16.5 Å². The van der Waals surface area contributed by atoms with E-state index in [1.165, 1.54) is 12.1 Å². The van der Waals surface area contributed by atoms with Crippen molar-refractivity contribution in [3.63, 3.8) is 0 Å². The van der Waals surface area contributed by atoms with Crippen LogP contribution in [-0.4, -0.2) is 16.5 Å². The summed E-state index contributed by atoms with van der Waals surface area (Å²) >= 11 is 5.97. The van der Waals surface area contributed by atoms with Gasteiger partial charge in [-0.15, -0.1) is 0 Å². The molecule has 0 bridgehead atoms. The summed E-state index contributed by atoms with van der Waals surface area (Å²) in [6, 6.07) is 4.51. The van der Waals surface area contributed by atoms with Gasteiger partial charge in [0.2, 0.25) is 0 Å². The van der Waals surface area contributed by atoms with Crippen molar-refractivity contribution >= 4 is 17.4 Å². The monoisotopic (exact) mass is 305 g/mol. The number of rotatable bonds is 4. The number of hydrogen-bond acceptors (Lipinski definition) is 3. The highest BCUT2D eigenvalue weighted by molar-refractivity contribution is 6.30. The second-order valence-electron chi connectivity index (χ2n) is 5.37. The molecule has 0 radical (unpaired) electrons. The maximum Gasteiger partial charge on any atom is 0.134 e. The molecule has 1 aromatic heterocycles. The second kappa shape index (κ2) is 5.60. The molecule has 0 amide bonds. The molecule has 0 aliphatic heterocycles. The van der Waals surface area contributed by atoms with Crippen molar-refractivity contribution in [3.05, 3.63) is 40.4 Å². The average Bonchev–Trinajstić information content (AvgIpc) is 3.24. The summed E-state index contributed by atoms with van der Waals surface area (Å²) in [5.74, 6) is 1.75. The van der Waals surface area contributed by atoms with Crippen LogP contribution in [0.25, 0.3) is 11.3 Å². The summed E-state index contributed by atoms with van der Waals surface area (Å²) < 4.78 is 13.6. The zero-order chi connectivity index (χ0) is 15.0. The van der Waals surface area contributed by atoms with E-state index in [2.05, 4.69) is 15.3 Å². The van der Waals surface area contributed by atoms with E-state index in [1.54, 1.807) is 6.07 Å². The van der Waals surface area contributed by atoms with Crippen LogP contribution < -0.4 is 5.32 Å². The highest BCUT2D eigenvalue weighted by atomic mass is 35.5. The molecule has 0 atom stereocenters. The molecule has 1 N–H and O–H groups in total. The summed E-state index contributed by atoms with van der Waals surface area (Å²) in [4.78, 5) is 9.26. The van der Waals surface area contributed by atoms with E-state index >= 15 is 0 Å². The van der Waals surface area contributed by atoms with Gasteiger partial charge in [-0.05, 0) is 44.9 Å². The van der Waals surface area contributed by atoms with Gasteiger partial charge in [-0.1, -0.05) is 11.6 Å². The Bertz CT molecular complexity index is 663. The molecule has 21 heavy (non-hydrogen) atoms. The third kappa shape index (κ3) is 3.00. The molecule has 3 rings (SSSR count). The van der Waals surface area contributed by atoms with Gasteiger partial charge in [0.25, 0.3) is 0 Å². The Hall–Kier alpha value is -1.68. The largest absolute Gasteiger partial charge is 0.370 e. The first-order valence-electron chi connectivity index (χ1n) is 7.17. The first-order chi connectivity index (χ1) is 10.1. The number of nitrogens with zero attached hydrogens (tertiary/aromatic N) is 2. The third-order valence-electron chi connectivity index (χ3n) is 3.59. The van der Waals surface area contributed by atoms with Crippen LogP contribution in [0.3, 0.4) is 0 Å². The number of benzene rings is 1. The minimum atomic E-state index is -0.353. The van der Waals surface area contributed by atoms with E-state index in [1.807, 2.05) is 13.8 Å². The Labute approximate surface area is 128 Å². The predicted molar refractivity (Wildman–Crippen MR) is 83.3 cm³/mol. The zero-order valence-corrected chi connectivity index (χ0v) is 12.8. The first kappa shape index (κ1) is 14.3. The van der Waals surface area contributed by atoms with Crippen molar-refractivity contribution in [2.24, 2.45) is 0 Å². The Morgan fingerprint density at radius 3 is 2.67 bits per heavy atom. The Morgan fingerprint density at radius 2 is 2.05 bits per heavy atom. The lowest BCUT2D eigenvalue weighted by Gasteiger charge is -2.13. The fourth-order valence-electron chi connectivity index (χ4n) is 2.37. The maximum atomic E-state index is 13.6. The fraction of sp³-hybridized carbons (Fsp3) is 0.375. The number of hydrogen-bond donors (Lipinski definition) is 1. The van der Waals surface area contributed by atoms with Crippen molar-refractivity contribution in [2.75, 3.05) is 11.9 Å². The second-order valence-corrected chi connectivity index (χ2v) is 5.80. The van der Waals surface area contributed by atoms with Gasteiger partial charge < -0.3 is 5.32 Å². The van der Waals surface area contributed by atoms with Crippen molar-refractivity contribution in [1.29, 1.82) is 0 Å². The van der Waals surface area contributed by atoms with Gasteiger partial charge in [0, 0.05) is 28.6 Å². The third-order valence-corrected chi connectivity index (χ3v) is 3.80. The molecule has 0 unspecified atom stereocenters. The number of halogens is 2. The summed E-state index contributed by atoms with van der Waals surface area (Å²) in [6.07, 6.45) is 2.25. The SMILES string of the molecule is CCNc1nc(C2CC2)nc(-c2cc(F)cc(Cl)c2)c1C. The smallest absolute Gasteiger partial charge is 0.134 e. The van der Waals surface area contributed by atoms with Gasteiger partial charge in [0.05, 0.1) is 5.69 Å². The number of nitrogens with one attached hydrogen (secondary N) is 1. The normalized spacial score (nSPS) is 14.3. The van der Waals surface area contributed by atoms with E-state index < -0.39 is 0 Å². The summed E-state index contributed by atoms with van der Waals surface area (Å²) in [5.41, 5.74) is 2.37. The van der Waals surface area contributed by atoms with Crippen LogP contribution in [0.2, 0.25) is 5.02 Å². The van der Waals surface area contributed by atoms with Crippen LogP contribution in [0, 0.1) is 12.7 Å². The molecule has 110 valence electrons. The van der Waals surface area contributed by atoms with Crippen molar-refractivity contribution in [3.8, 4) is 11.3 Å². The van der Waals surface area contributed by atoms with Gasteiger partial charge in [-0.3, -0.25) is 0 Å². The van der Waals surface area contributed by atoms with Gasteiger partial charge >= 0.3 is 0 Å². The van der Waals surface area contributed by atoms with Gasteiger partial charge in [0.1, 0.15) is 17.5 Å². The van der Waals surface area contributed by atoms with Crippen LogP contribution in [-0.2, 0) is 0 Å². The van der Waals surface area contributed by atoms with E-state index in [9.17, 15) is 4.39 Å². The van der Waals surface area contributed by atoms with E-state index in [0.717, 1.165) is 42.3 Å². The first-order valence-corrected chi connectivity index (χ1v) is 7.55. The molecule has 0 saturated heterocycles. The molecule has 1 aliphatic rings. The lowest BCUT2D eigenvalue weighted by atomic mass is 10.1. The molecule has 5 heteroatoms.